The second-order valence-corrected chi connectivity index (χ2v) is 10.3. The number of piperidine rings is 1. The first kappa shape index (κ1) is 24.0. The Morgan fingerprint density at radius 2 is 1.67 bits per heavy atom. The summed E-state index contributed by atoms with van der Waals surface area (Å²) in [4.78, 5) is 39.6. The summed E-state index contributed by atoms with van der Waals surface area (Å²) in [6.45, 7) is 3.89. The molecule has 1 aromatic rings. The molecular weight excluding hydrogens is 440 g/mol. The van der Waals surface area contributed by atoms with Crippen LogP contribution in [0.25, 0.3) is 0 Å². The number of anilines is 1. The third kappa shape index (κ3) is 6.69. The molecule has 2 aliphatic carbocycles. The highest BCUT2D eigenvalue weighted by Gasteiger charge is 2.32. The number of nitrogens with zero attached hydrogens (tertiary/aromatic N) is 1. The quantitative estimate of drug-likeness (QED) is 0.495. The van der Waals surface area contributed by atoms with Crippen molar-refractivity contribution < 1.29 is 19.1 Å². The Morgan fingerprint density at radius 3 is 2.30 bits per heavy atom. The number of carbonyl (C=O) groups excluding carboxylic acids is 3. The lowest BCUT2D eigenvalue weighted by Gasteiger charge is -2.32. The first-order valence-corrected chi connectivity index (χ1v) is 13.3. The number of likely N-dealkylation sites (tertiary alicyclic amines) is 1. The molecule has 3 amide bonds. The Bertz CT molecular complexity index is 840. The Balaban J connectivity index is 1.22. The van der Waals surface area contributed by atoms with Crippen molar-refractivity contribution in [3.63, 3.8) is 0 Å². The molecule has 2 saturated carbocycles. The molecule has 0 aromatic carbocycles. The smallest absolute Gasteiger partial charge is 0.341 e. The molecule has 1 saturated heterocycles. The van der Waals surface area contributed by atoms with Crippen LogP contribution >= 0.6 is 11.3 Å². The van der Waals surface area contributed by atoms with E-state index in [1.165, 1.54) is 30.6 Å². The van der Waals surface area contributed by atoms with Crippen LogP contribution in [0.2, 0.25) is 0 Å². The summed E-state index contributed by atoms with van der Waals surface area (Å²) in [6, 6.07) is 0.384. The van der Waals surface area contributed by atoms with E-state index < -0.39 is 0 Å². The van der Waals surface area contributed by atoms with Gasteiger partial charge in [0.25, 0.3) is 0 Å². The van der Waals surface area contributed by atoms with Gasteiger partial charge in [-0.3, -0.25) is 9.69 Å². The molecule has 3 aliphatic rings. The molecule has 33 heavy (non-hydrogen) atoms. The van der Waals surface area contributed by atoms with Crippen molar-refractivity contribution in [3.05, 3.63) is 16.5 Å². The fourth-order valence-corrected chi connectivity index (χ4v) is 5.88. The summed E-state index contributed by atoms with van der Waals surface area (Å²) in [5.74, 6) is -0.0614. The number of ether oxygens (including phenoxy) is 1. The lowest BCUT2D eigenvalue weighted by molar-refractivity contribution is -0.117. The SMILES string of the molecule is CCOC(=O)c1c(C2CC2)csc1NC(=O)CN1CCC(NC(=O)NC2CCCCC2)CC1. The molecular formula is C24H36N4O4S. The van der Waals surface area contributed by atoms with E-state index in [-0.39, 0.29) is 30.5 Å². The molecule has 0 bridgehead atoms. The van der Waals surface area contributed by atoms with Crippen molar-refractivity contribution >= 4 is 34.2 Å². The zero-order chi connectivity index (χ0) is 23.2. The van der Waals surface area contributed by atoms with Gasteiger partial charge in [-0.2, -0.15) is 0 Å². The summed E-state index contributed by atoms with van der Waals surface area (Å²) in [7, 11) is 0. The van der Waals surface area contributed by atoms with Crippen LogP contribution in [0.1, 0.15) is 86.6 Å². The summed E-state index contributed by atoms with van der Waals surface area (Å²) in [6.07, 6.45) is 9.62. The fraction of sp³-hybridized carbons (Fsp3) is 0.708. The monoisotopic (exact) mass is 476 g/mol. The van der Waals surface area contributed by atoms with Gasteiger partial charge in [0.05, 0.1) is 18.7 Å². The number of esters is 1. The highest BCUT2D eigenvalue weighted by atomic mass is 32.1. The number of rotatable bonds is 8. The van der Waals surface area contributed by atoms with Crippen molar-refractivity contribution in [1.82, 2.24) is 15.5 Å². The molecule has 0 unspecified atom stereocenters. The van der Waals surface area contributed by atoms with Crippen molar-refractivity contribution in [2.45, 2.75) is 82.7 Å². The van der Waals surface area contributed by atoms with Gasteiger partial charge in [0, 0.05) is 25.2 Å². The lowest BCUT2D eigenvalue weighted by atomic mass is 9.96. The summed E-state index contributed by atoms with van der Waals surface area (Å²) in [5, 5.41) is 11.7. The lowest BCUT2D eigenvalue weighted by Crippen LogP contribution is -2.51. The van der Waals surface area contributed by atoms with Gasteiger partial charge in [-0.25, -0.2) is 9.59 Å². The van der Waals surface area contributed by atoms with Gasteiger partial charge in [-0.05, 0) is 62.3 Å². The maximum Gasteiger partial charge on any atom is 0.341 e. The second-order valence-electron chi connectivity index (χ2n) is 9.44. The first-order chi connectivity index (χ1) is 16.0. The number of hydrogen-bond donors (Lipinski definition) is 3. The average molecular weight is 477 g/mol. The largest absolute Gasteiger partial charge is 0.462 e. The van der Waals surface area contributed by atoms with Crippen LogP contribution in [0.4, 0.5) is 9.80 Å². The van der Waals surface area contributed by atoms with Crippen LogP contribution in [-0.2, 0) is 9.53 Å². The normalized spacial score (nSPS) is 20.3. The van der Waals surface area contributed by atoms with Crippen LogP contribution in [-0.4, -0.2) is 61.1 Å². The fourth-order valence-electron chi connectivity index (χ4n) is 4.84. The Labute approximate surface area is 199 Å². The molecule has 182 valence electrons. The van der Waals surface area contributed by atoms with Crippen LogP contribution in [0, 0.1) is 0 Å². The number of nitrogens with one attached hydrogen (secondary N) is 3. The molecule has 3 fully saturated rings. The Morgan fingerprint density at radius 1 is 1.00 bits per heavy atom. The highest BCUT2D eigenvalue weighted by molar-refractivity contribution is 7.15. The zero-order valence-corrected chi connectivity index (χ0v) is 20.3. The molecule has 4 rings (SSSR count). The average Bonchev–Trinajstić information content (AvgIpc) is 3.56. The molecule has 0 atom stereocenters. The minimum absolute atomic E-state index is 0.0613. The number of carbonyl (C=O) groups is 3. The van der Waals surface area contributed by atoms with Crippen LogP contribution in [0.3, 0.4) is 0 Å². The van der Waals surface area contributed by atoms with Crippen LogP contribution in [0.5, 0.6) is 0 Å². The summed E-state index contributed by atoms with van der Waals surface area (Å²) < 4.78 is 5.23. The van der Waals surface area contributed by atoms with E-state index in [0.29, 0.717) is 29.1 Å². The van der Waals surface area contributed by atoms with Gasteiger partial charge in [0.15, 0.2) is 0 Å². The van der Waals surface area contributed by atoms with E-state index in [1.807, 2.05) is 5.38 Å². The van der Waals surface area contributed by atoms with E-state index in [0.717, 1.165) is 57.2 Å². The molecule has 1 aromatic heterocycles. The maximum absolute atomic E-state index is 12.7. The third-order valence-corrected chi connectivity index (χ3v) is 7.71. The maximum atomic E-state index is 12.7. The molecule has 3 N–H and O–H groups in total. The van der Waals surface area contributed by atoms with Crippen molar-refractivity contribution in [3.8, 4) is 0 Å². The number of thiophene rings is 1. The van der Waals surface area contributed by atoms with Crippen LogP contribution in [0.15, 0.2) is 5.38 Å². The second kappa shape index (κ2) is 11.3. The Hall–Kier alpha value is -2.13. The number of amides is 3. The predicted molar refractivity (Wildman–Crippen MR) is 129 cm³/mol. The van der Waals surface area contributed by atoms with Gasteiger partial charge in [0.2, 0.25) is 5.91 Å². The minimum atomic E-state index is -0.352. The molecule has 0 spiro atoms. The van der Waals surface area contributed by atoms with E-state index in [4.69, 9.17) is 4.74 Å². The molecule has 9 heteroatoms. The van der Waals surface area contributed by atoms with Gasteiger partial charge in [-0.1, -0.05) is 19.3 Å². The zero-order valence-electron chi connectivity index (χ0n) is 19.5. The van der Waals surface area contributed by atoms with E-state index in [1.54, 1.807) is 6.92 Å². The highest BCUT2D eigenvalue weighted by Crippen LogP contribution is 2.46. The van der Waals surface area contributed by atoms with E-state index >= 15 is 0 Å². The predicted octanol–water partition coefficient (Wildman–Crippen LogP) is 3.84. The van der Waals surface area contributed by atoms with E-state index in [9.17, 15) is 14.4 Å². The molecule has 0 radical (unpaired) electrons. The summed E-state index contributed by atoms with van der Waals surface area (Å²) in [5.41, 5.74) is 1.54. The van der Waals surface area contributed by atoms with Crippen molar-refractivity contribution in [1.29, 1.82) is 0 Å². The Kier molecular flexibility index (Phi) is 8.25. The van der Waals surface area contributed by atoms with Crippen molar-refractivity contribution in [2.24, 2.45) is 0 Å². The van der Waals surface area contributed by atoms with Gasteiger partial charge >= 0.3 is 12.0 Å². The van der Waals surface area contributed by atoms with Gasteiger partial charge in [-0.15, -0.1) is 11.3 Å². The first-order valence-electron chi connectivity index (χ1n) is 12.4. The number of hydrogen-bond acceptors (Lipinski definition) is 6. The van der Waals surface area contributed by atoms with Crippen LogP contribution < -0.4 is 16.0 Å². The minimum Gasteiger partial charge on any atom is -0.462 e. The molecule has 1 aliphatic heterocycles. The topological polar surface area (TPSA) is 99.8 Å². The summed E-state index contributed by atoms with van der Waals surface area (Å²) >= 11 is 1.40. The third-order valence-electron chi connectivity index (χ3n) is 6.80. The standard InChI is InChI=1S/C24H36N4O4S/c1-2-32-23(30)21-19(16-8-9-16)15-33-22(21)27-20(29)14-28-12-10-18(11-13-28)26-24(31)25-17-6-4-3-5-7-17/h15-18H,2-14H2,1H3,(H,27,29)(H2,25,26,31). The van der Waals surface area contributed by atoms with Gasteiger partial charge < -0.3 is 20.7 Å². The van der Waals surface area contributed by atoms with Gasteiger partial charge in [0.1, 0.15) is 5.00 Å². The number of urea groups is 1. The van der Waals surface area contributed by atoms with Crippen molar-refractivity contribution in [2.75, 3.05) is 31.6 Å². The molecule has 8 nitrogen and oxygen atoms in total. The van der Waals surface area contributed by atoms with E-state index in [2.05, 4.69) is 20.9 Å². The molecule has 2 heterocycles.